The number of hydrogen-bond donors (Lipinski definition) is 2. The number of amides is 2. The number of likely N-dealkylation sites (tertiary alicyclic amines) is 1. The molecule has 0 unspecified atom stereocenters. The van der Waals surface area contributed by atoms with Crippen LogP contribution in [0.5, 0.6) is 5.75 Å². The molecule has 1 spiro atoms. The number of benzene rings is 1. The molecular weight excluding hydrogens is 302 g/mol. The van der Waals surface area contributed by atoms with Crippen molar-refractivity contribution >= 4 is 11.7 Å². The highest BCUT2D eigenvalue weighted by atomic mass is 16.5. The first-order chi connectivity index (χ1) is 11.7. The molecule has 3 rings (SSSR count). The minimum absolute atomic E-state index is 0.00635. The summed E-state index contributed by atoms with van der Waals surface area (Å²) in [5.74, 6) is 0.734. The molecule has 5 heteroatoms. The number of ether oxygens (including phenoxy) is 1. The molecule has 5 nitrogen and oxygen atoms in total. The van der Waals surface area contributed by atoms with E-state index in [2.05, 4.69) is 10.6 Å². The van der Waals surface area contributed by atoms with Crippen LogP contribution in [0.2, 0.25) is 0 Å². The van der Waals surface area contributed by atoms with Crippen LogP contribution >= 0.6 is 0 Å². The standard InChI is InChI=1S/C19H29N3O2/c1-2-24-17-7-4-3-6-16(17)21-18(23)22-14-5-8-19(11-15-22)9-12-20-13-10-19/h3-4,6-7,20H,2,5,8-15H2,1H3,(H,21,23). The van der Waals surface area contributed by atoms with Crippen LogP contribution in [0.4, 0.5) is 10.5 Å². The van der Waals surface area contributed by atoms with Crippen molar-refractivity contribution in [2.75, 3.05) is 38.1 Å². The second kappa shape index (κ2) is 7.88. The average Bonchev–Trinajstić information content (AvgIpc) is 2.80. The molecule has 2 heterocycles. The fourth-order valence-corrected chi connectivity index (χ4v) is 3.96. The molecule has 0 radical (unpaired) electrons. The van der Waals surface area contributed by atoms with Crippen molar-refractivity contribution < 1.29 is 9.53 Å². The van der Waals surface area contributed by atoms with E-state index in [1.165, 1.54) is 19.3 Å². The lowest BCUT2D eigenvalue weighted by molar-refractivity contribution is 0.169. The minimum atomic E-state index is -0.00635. The number of anilines is 1. The summed E-state index contributed by atoms with van der Waals surface area (Å²) in [6, 6.07) is 7.63. The van der Waals surface area contributed by atoms with Gasteiger partial charge in [0.05, 0.1) is 12.3 Å². The second-order valence-electron chi connectivity index (χ2n) is 6.95. The normalized spacial score (nSPS) is 20.5. The van der Waals surface area contributed by atoms with E-state index in [1.54, 1.807) is 0 Å². The summed E-state index contributed by atoms with van der Waals surface area (Å²) in [6.45, 7) is 6.47. The molecule has 0 atom stereocenters. The van der Waals surface area contributed by atoms with Crippen LogP contribution in [0.3, 0.4) is 0 Å². The van der Waals surface area contributed by atoms with Gasteiger partial charge in [-0.2, -0.15) is 0 Å². The van der Waals surface area contributed by atoms with Crippen molar-refractivity contribution in [1.29, 1.82) is 0 Å². The first-order valence-corrected chi connectivity index (χ1v) is 9.21. The van der Waals surface area contributed by atoms with Crippen molar-refractivity contribution in [2.24, 2.45) is 5.41 Å². The van der Waals surface area contributed by atoms with E-state index in [-0.39, 0.29) is 6.03 Å². The highest BCUT2D eigenvalue weighted by molar-refractivity contribution is 5.91. The van der Waals surface area contributed by atoms with Gasteiger partial charge < -0.3 is 20.3 Å². The van der Waals surface area contributed by atoms with E-state index < -0.39 is 0 Å². The molecule has 2 aliphatic rings. The van der Waals surface area contributed by atoms with Gasteiger partial charge in [-0.1, -0.05) is 12.1 Å². The molecule has 1 aromatic carbocycles. The average molecular weight is 331 g/mol. The highest BCUT2D eigenvalue weighted by Crippen LogP contribution is 2.39. The SMILES string of the molecule is CCOc1ccccc1NC(=O)N1CCCC2(CCNCC2)CC1. The number of nitrogens with one attached hydrogen (secondary N) is 2. The Morgan fingerprint density at radius 3 is 2.79 bits per heavy atom. The fraction of sp³-hybridized carbons (Fsp3) is 0.632. The number of urea groups is 1. The van der Waals surface area contributed by atoms with Gasteiger partial charge >= 0.3 is 6.03 Å². The Kier molecular flexibility index (Phi) is 5.61. The molecule has 0 saturated carbocycles. The maximum Gasteiger partial charge on any atom is 0.321 e. The van der Waals surface area contributed by atoms with Gasteiger partial charge in [0.25, 0.3) is 0 Å². The fourth-order valence-electron chi connectivity index (χ4n) is 3.96. The van der Waals surface area contributed by atoms with E-state index in [9.17, 15) is 4.79 Å². The van der Waals surface area contributed by atoms with Crippen molar-refractivity contribution in [3.63, 3.8) is 0 Å². The number of carbonyl (C=O) groups excluding carboxylic acids is 1. The number of rotatable bonds is 3. The summed E-state index contributed by atoms with van der Waals surface area (Å²) in [5, 5.41) is 6.49. The number of para-hydroxylation sites is 2. The lowest BCUT2D eigenvalue weighted by Gasteiger charge is -2.37. The van der Waals surface area contributed by atoms with Crippen LogP contribution in [0, 0.1) is 5.41 Å². The third-order valence-corrected chi connectivity index (χ3v) is 5.43. The lowest BCUT2D eigenvalue weighted by Crippen LogP contribution is -2.39. The summed E-state index contributed by atoms with van der Waals surface area (Å²) in [4.78, 5) is 14.7. The molecule has 24 heavy (non-hydrogen) atoms. The third kappa shape index (κ3) is 4.01. The molecule has 0 bridgehead atoms. The zero-order valence-electron chi connectivity index (χ0n) is 14.6. The van der Waals surface area contributed by atoms with Crippen LogP contribution in [0.25, 0.3) is 0 Å². The van der Waals surface area contributed by atoms with E-state index in [0.29, 0.717) is 12.0 Å². The number of nitrogens with zero attached hydrogens (tertiary/aromatic N) is 1. The van der Waals surface area contributed by atoms with E-state index >= 15 is 0 Å². The molecule has 2 aliphatic heterocycles. The van der Waals surface area contributed by atoms with Crippen molar-refractivity contribution in [1.82, 2.24) is 10.2 Å². The summed E-state index contributed by atoms with van der Waals surface area (Å²) < 4.78 is 5.60. The smallest absolute Gasteiger partial charge is 0.321 e. The van der Waals surface area contributed by atoms with Crippen LogP contribution in [-0.4, -0.2) is 43.7 Å². The molecule has 2 N–H and O–H groups in total. The zero-order valence-corrected chi connectivity index (χ0v) is 14.6. The van der Waals surface area contributed by atoms with Crippen LogP contribution < -0.4 is 15.4 Å². The molecule has 2 saturated heterocycles. The molecule has 2 amide bonds. The van der Waals surface area contributed by atoms with Gasteiger partial charge in [-0.3, -0.25) is 0 Å². The molecular formula is C19H29N3O2. The Balaban J connectivity index is 1.61. The summed E-state index contributed by atoms with van der Waals surface area (Å²) in [5.41, 5.74) is 1.20. The molecule has 0 aliphatic carbocycles. The monoisotopic (exact) mass is 331 g/mol. The van der Waals surface area contributed by atoms with Gasteiger partial charge in [-0.25, -0.2) is 4.79 Å². The highest BCUT2D eigenvalue weighted by Gasteiger charge is 2.34. The maximum absolute atomic E-state index is 12.7. The molecule has 0 aromatic heterocycles. The Labute approximate surface area is 144 Å². The van der Waals surface area contributed by atoms with Gasteiger partial charge in [-0.15, -0.1) is 0 Å². The first kappa shape index (κ1) is 17.1. The first-order valence-electron chi connectivity index (χ1n) is 9.21. The zero-order chi connectivity index (χ0) is 16.8. The van der Waals surface area contributed by atoms with Crippen molar-refractivity contribution in [3.05, 3.63) is 24.3 Å². The van der Waals surface area contributed by atoms with E-state index in [1.807, 2.05) is 36.1 Å². The van der Waals surface area contributed by atoms with E-state index in [0.717, 1.165) is 50.5 Å². The quantitative estimate of drug-likeness (QED) is 0.892. The largest absolute Gasteiger partial charge is 0.492 e. The number of hydrogen-bond acceptors (Lipinski definition) is 3. The van der Waals surface area contributed by atoms with Gasteiger partial charge in [0, 0.05) is 13.1 Å². The summed E-state index contributed by atoms with van der Waals surface area (Å²) >= 11 is 0. The van der Waals surface area contributed by atoms with Crippen molar-refractivity contribution in [2.45, 2.75) is 39.0 Å². The summed E-state index contributed by atoms with van der Waals surface area (Å²) in [6.07, 6.45) is 5.95. The second-order valence-corrected chi connectivity index (χ2v) is 6.95. The van der Waals surface area contributed by atoms with Gasteiger partial charge in [0.1, 0.15) is 5.75 Å². The predicted molar refractivity (Wildman–Crippen MR) is 96.6 cm³/mol. The minimum Gasteiger partial charge on any atom is -0.492 e. The van der Waals surface area contributed by atoms with Crippen LogP contribution in [0.1, 0.15) is 39.0 Å². The predicted octanol–water partition coefficient (Wildman–Crippen LogP) is 3.47. The number of carbonyl (C=O) groups is 1. The number of piperidine rings is 1. The molecule has 132 valence electrons. The van der Waals surface area contributed by atoms with Gasteiger partial charge in [0.15, 0.2) is 0 Å². The van der Waals surface area contributed by atoms with Crippen molar-refractivity contribution in [3.8, 4) is 5.75 Å². The molecule has 1 aromatic rings. The topological polar surface area (TPSA) is 53.6 Å². The summed E-state index contributed by atoms with van der Waals surface area (Å²) in [7, 11) is 0. The Bertz CT molecular complexity index is 555. The lowest BCUT2D eigenvalue weighted by atomic mass is 9.73. The maximum atomic E-state index is 12.7. The van der Waals surface area contributed by atoms with Gasteiger partial charge in [-0.05, 0) is 69.7 Å². The van der Waals surface area contributed by atoms with E-state index in [4.69, 9.17) is 4.74 Å². The Hall–Kier alpha value is -1.75. The third-order valence-electron chi connectivity index (χ3n) is 5.43. The van der Waals surface area contributed by atoms with Gasteiger partial charge in [0.2, 0.25) is 0 Å². The molecule has 2 fully saturated rings. The van der Waals surface area contributed by atoms with Crippen LogP contribution in [0.15, 0.2) is 24.3 Å². The Morgan fingerprint density at radius 1 is 1.21 bits per heavy atom. The Morgan fingerprint density at radius 2 is 2.00 bits per heavy atom. The van der Waals surface area contributed by atoms with Crippen LogP contribution in [-0.2, 0) is 0 Å².